The summed E-state index contributed by atoms with van der Waals surface area (Å²) in [5.41, 5.74) is 0.895. The van der Waals surface area contributed by atoms with Gasteiger partial charge in [0.15, 0.2) is 0 Å². The average molecular weight is 338 g/mol. The van der Waals surface area contributed by atoms with Crippen LogP contribution in [0.25, 0.3) is 0 Å². The third-order valence-electron chi connectivity index (χ3n) is 3.87. The molecule has 0 radical (unpaired) electrons. The fraction of sp³-hybridized carbons (Fsp3) is 0.438. The van der Waals surface area contributed by atoms with Gasteiger partial charge in [0.1, 0.15) is 6.04 Å². The van der Waals surface area contributed by atoms with Crippen LogP contribution in [0.5, 0.6) is 0 Å². The number of carbonyl (C=O) groups excluding carboxylic acids is 3. The van der Waals surface area contributed by atoms with E-state index >= 15 is 0 Å². The minimum atomic E-state index is -0.748. The van der Waals surface area contributed by atoms with Crippen LogP contribution in [0, 0.1) is 0 Å². The molecular weight excluding hydrogens is 318 g/mol. The summed E-state index contributed by atoms with van der Waals surface area (Å²) in [6, 6.07) is 6.61. The molecule has 0 aromatic heterocycles. The number of hydrogen-bond donors (Lipinski definition) is 2. The molecule has 23 heavy (non-hydrogen) atoms. The molecule has 0 aliphatic carbocycles. The first-order chi connectivity index (χ1) is 11.0. The van der Waals surface area contributed by atoms with Crippen LogP contribution >= 0.6 is 11.6 Å². The van der Waals surface area contributed by atoms with Crippen LogP contribution in [0.4, 0.5) is 0 Å². The van der Waals surface area contributed by atoms with Crippen molar-refractivity contribution in [3.8, 4) is 0 Å². The molecule has 1 aliphatic heterocycles. The zero-order valence-corrected chi connectivity index (χ0v) is 13.7. The van der Waals surface area contributed by atoms with Crippen LogP contribution in [0.3, 0.4) is 0 Å². The van der Waals surface area contributed by atoms with E-state index in [1.165, 1.54) is 11.9 Å². The lowest BCUT2D eigenvalue weighted by Gasteiger charge is -2.34. The second-order valence-electron chi connectivity index (χ2n) is 5.36. The van der Waals surface area contributed by atoms with Gasteiger partial charge >= 0.3 is 0 Å². The lowest BCUT2D eigenvalue weighted by Crippen LogP contribution is -2.58. The zero-order chi connectivity index (χ0) is 16.8. The number of nitrogens with zero attached hydrogens (tertiary/aromatic N) is 1. The van der Waals surface area contributed by atoms with E-state index in [4.69, 9.17) is 11.6 Å². The van der Waals surface area contributed by atoms with Crippen LogP contribution in [-0.4, -0.2) is 48.8 Å². The Balaban J connectivity index is 2.02. The molecule has 7 heteroatoms. The second kappa shape index (κ2) is 7.97. The van der Waals surface area contributed by atoms with E-state index in [1.54, 1.807) is 6.07 Å². The summed E-state index contributed by atoms with van der Waals surface area (Å²) in [7, 11) is 1.51. The number of nitrogens with one attached hydrogen (secondary N) is 2. The van der Waals surface area contributed by atoms with E-state index in [2.05, 4.69) is 10.6 Å². The molecule has 3 amide bonds. The van der Waals surface area contributed by atoms with Gasteiger partial charge in [-0.05, 0) is 18.1 Å². The summed E-state index contributed by atoms with van der Waals surface area (Å²) in [6.07, 6.45) is 0.727. The van der Waals surface area contributed by atoms with Crippen molar-refractivity contribution in [2.75, 3.05) is 20.1 Å². The van der Waals surface area contributed by atoms with Crippen LogP contribution in [0.1, 0.15) is 18.4 Å². The third-order valence-corrected chi connectivity index (χ3v) is 4.24. The summed E-state index contributed by atoms with van der Waals surface area (Å²) in [5.74, 6) is -0.699. The van der Waals surface area contributed by atoms with Gasteiger partial charge < -0.3 is 15.5 Å². The molecule has 1 aliphatic rings. The largest absolute Gasteiger partial charge is 0.359 e. The summed E-state index contributed by atoms with van der Waals surface area (Å²) < 4.78 is 0. The molecule has 1 aromatic carbocycles. The second-order valence-corrected chi connectivity index (χ2v) is 5.77. The Morgan fingerprint density at radius 1 is 1.39 bits per heavy atom. The fourth-order valence-electron chi connectivity index (χ4n) is 2.58. The van der Waals surface area contributed by atoms with Crippen molar-refractivity contribution in [2.45, 2.75) is 25.3 Å². The highest BCUT2D eigenvalue weighted by Gasteiger charge is 2.34. The van der Waals surface area contributed by atoms with Gasteiger partial charge in [-0.1, -0.05) is 29.8 Å². The molecule has 1 atom stereocenters. The molecule has 6 nitrogen and oxygen atoms in total. The van der Waals surface area contributed by atoms with Crippen LogP contribution in [0.15, 0.2) is 24.3 Å². The Morgan fingerprint density at radius 3 is 2.83 bits per heavy atom. The van der Waals surface area contributed by atoms with Gasteiger partial charge in [-0.2, -0.15) is 0 Å². The van der Waals surface area contributed by atoms with Crippen molar-refractivity contribution in [1.29, 1.82) is 0 Å². The van der Waals surface area contributed by atoms with Crippen molar-refractivity contribution in [2.24, 2.45) is 0 Å². The lowest BCUT2D eigenvalue weighted by atomic mass is 10.1. The smallest absolute Gasteiger partial charge is 0.243 e. The monoisotopic (exact) mass is 337 g/mol. The molecule has 2 rings (SSSR count). The van der Waals surface area contributed by atoms with Gasteiger partial charge in [0, 0.05) is 31.6 Å². The van der Waals surface area contributed by atoms with Gasteiger partial charge in [0.25, 0.3) is 0 Å². The SMILES string of the molecule is CNC(=O)C[C@H]1C(=O)NCCN1C(=O)CCc1ccccc1Cl. The Hall–Kier alpha value is -2.08. The highest BCUT2D eigenvalue weighted by atomic mass is 35.5. The minimum Gasteiger partial charge on any atom is -0.359 e. The first-order valence-corrected chi connectivity index (χ1v) is 7.92. The van der Waals surface area contributed by atoms with E-state index in [0.29, 0.717) is 24.5 Å². The Bertz CT molecular complexity index is 606. The van der Waals surface area contributed by atoms with E-state index < -0.39 is 6.04 Å². The number of aryl methyl sites for hydroxylation is 1. The number of hydrogen-bond acceptors (Lipinski definition) is 3. The molecule has 2 N–H and O–H groups in total. The van der Waals surface area contributed by atoms with Crippen molar-refractivity contribution in [1.82, 2.24) is 15.5 Å². The minimum absolute atomic E-state index is 0.0276. The normalized spacial score (nSPS) is 17.6. The highest BCUT2D eigenvalue weighted by molar-refractivity contribution is 6.31. The van der Waals surface area contributed by atoms with Crippen molar-refractivity contribution in [3.63, 3.8) is 0 Å². The molecule has 0 bridgehead atoms. The molecule has 0 saturated carbocycles. The van der Waals surface area contributed by atoms with Crippen molar-refractivity contribution >= 4 is 29.3 Å². The van der Waals surface area contributed by atoms with Gasteiger partial charge in [-0.25, -0.2) is 0 Å². The Morgan fingerprint density at radius 2 is 2.13 bits per heavy atom. The summed E-state index contributed by atoms with van der Waals surface area (Å²) in [6.45, 7) is 0.815. The van der Waals surface area contributed by atoms with E-state index in [1.807, 2.05) is 18.2 Å². The first-order valence-electron chi connectivity index (χ1n) is 7.54. The topological polar surface area (TPSA) is 78.5 Å². The van der Waals surface area contributed by atoms with E-state index in [9.17, 15) is 14.4 Å². The van der Waals surface area contributed by atoms with Crippen LogP contribution in [-0.2, 0) is 20.8 Å². The van der Waals surface area contributed by atoms with Gasteiger partial charge in [0.2, 0.25) is 17.7 Å². The average Bonchev–Trinajstić information content (AvgIpc) is 2.55. The van der Waals surface area contributed by atoms with E-state index in [-0.39, 0.29) is 30.6 Å². The van der Waals surface area contributed by atoms with Crippen LogP contribution in [0.2, 0.25) is 5.02 Å². The number of amides is 3. The maximum Gasteiger partial charge on any atom is 0.243 e. The Labute approximate surface area is 140 Å². The quantitative estimate of drug-likeness (QED) is 0.831. The molecule has 1 heterocycles. The standard InChI is InChI=1S/C16H20ClN3O3/c1-18-14(21)10-13-16(23)19-8-9-20(13)15(22)7-6-11-4-2-3-5-12(11)17/h2-5,13H,6-10H2,1H3,(H,18,21)(H,19,23)/t13-/m0/s1. The zero-order valence-electron chi connectivity index (χ0n) is 13.0. The highest BCUT2D eigenvalue weighted by Crippen LogP contribution is 2.18. The number of halogens is 1. The van der Waals surface area contributed by atoms with Crippen LogP contribution < -0.4 is 10.6 Å². The fourth-order valence-corrected chi connectivity index (χ4v) is 2.81. The molecule has 0 spiro atoms. The molecule has 0 unspecified atom stereocenters. The van der Waals surface area contributed by atoms with E-state index in [0.717, 1.165) is 5.56 Å². The molecule has 1 saturated heterocycles. The number of benzene rings is 1. The number of carbonyl (C=O) groups is 3. The molecule has 124 valence electrons. The van der Waals surface area contributed by atoms with Crippen molar-refractivity contribution in [3.05, 3.63) is 34.9 Å². The lowest BCUT2D eigenvalue weighted by molar-refractivity contribution is -0.145. The predicted octanol–water partition coefficient (Wildman–Crippen LogP) is 0.736. The molecule has 1 aromatic rings. The predicted molar refractivity (Wildman–Crippen MR) is 87.0 cm³/mol. The summed E-state index contributed by atoms with van der Waals surface area (Å²) >= 11 is 6.09. The number of rotatable bonds is 5. The van der Waals surface area contributed by atoms with Crippen molar-refractivity contribution < 1.29 is 14.4 Å². The Kier molecular flexibility index (Phi) is 5.98. The molecular formula is C16H20ClN3O3. The molecule has 1 fully saturated rings. The van der Waals surface area contributed by atoms with Gasteiger partial charge in [-0.3, -0.25) is 14.4 Å². The third kappa shape index (κ3) is 4.45. The summed E-state index contributed by atoms with van der Waals surface area (Å²) in [4.78, 5) is 37.5. The summed E-state index contributed by atoms with van der Waals surface area (Å²) in [5, 5.41) is 5.80. The first kappa shape index (κ1) is 17.3. The maximum absolute atomic E-state index is 12.5. The number of piperazine rings is 1. The van der Waals surface area contributed by atoms with Gasteiger partial charge in [-0.15, -0.1) is 0 Å². The maximum atomic E-state index is 12.5. The van der Waals surface area contributed by atoms with Gasteiger partial charge in [0.05, 0.1) is 6.42 Å².